The van der Waals surface area contributed by atoms with Crippen LogP contribution >= 0.6 is 0 Å². The molecule has 96 valence electrons. The van der Waals surface area contributed by atoms with Crippen molar-refractivity contribution < 1.29 is 0 Å². The van der Waals surface area contributed by atoms with Crippen LogP contribution in [-0.4, -0.2) is 16.3 Å². The Morgan fingerprint density at radius 2 is 2.18 bits per heavy atom. The van der Waals surface area contributed by atoms with E-state index in [9.17, 15) is 0 Å². The van der Waals surface area contributed by atoms with Gasteiger partial charge in [-0.25, -0.2) is 0 Å². The molecule has 1 heterocycles. The van der Waals surface area contributed by atoms with Crippen LogP contribution in [0.2, 0.25) is 0 Å². The molecule has 3 nitrogen and oxygen atoms in total. The Labute approximate surface area is 105 Å². The molecule has 0 amide bonds. The van der Waals surface area contributed by atoms with Gasteiger partial charge in [-0.3, -0.25) is 4.68 Å². The van der Waals surface area contributed by atoms with Crippen molar-refractivity contribution in [2.75, 3.05) is 6.54 Å². The van der Waals surface area contributed by atoms with Crippen LogP contribution in [0.1, 0.15) is 51.8 Å². The van der Waals surface area contributed by atoms with Crippen LogP contribution in [0.15, 0.2) is 24.4 Å². The van der Waals surface area contributed by atoms with Crippen molar-refractivity contribution in [3.63, 3.8) is 0 Å². The summed E-state index contributed by atoms with van der Waals surface area (Å²) in [7, 11) is 0. The van der Waals surface area contributed by atoms with Gasteiger partial charge in [0, 0.05) is 12.7 Å². The van der Waals surface area contributed by atoms with E-state index in [1.807, 2.05) is 0 Å². The van der Waals surface area contributed by atoms with E-state index in [0.717, 1.165) is 38.0 Å². The summed E-state index contributed by atoms with van der Waals surface area (Å²) in [5.41, 5.74) is 1.14. The number of nitrogens with one attached hydrogen (secondary N) is 1. The highest BCUT2D eigenvalue weighted by Gasteiger charge is 2.07. The highest BCUT2D eigenvalue weighted by molar-refractivity contribution is 4.99. The Balaban J connectivity index is 2.35. The molecule has 0 aliphatic carbocycles. The van der Waals surface area contributed by atoms with Crippen molar-refractivity contribution in [1.29, 1.82) is 0 Å². The maximum Gasteiger partial charge on any atom is 0.0762 e. The Kier molecular flexibility index (Phi) is 6.63. The van der Waals surface area contributed by atoms with Gasteiger partial charge in [-0.2, -0.15) is 5.10 Å². The summed E-state index contributed by atoms with van der Waals surface area (Å²) < 4.78 is 2.10. The monoisotopic (exact) mass is 235 g/mol. The molecule has 1 rings (SSSR count). The number of rotatable bonds is 8. The molecular formula is C14H25N3. The normalized spacial score (nSPS) is 11.8. The van der Waals surface area contributed by atoms with E-state index in [2.05, 4.69) is 60.3 Å². The lowest BCUT2D eigenvalue weighted by Gasteiger charge is -2.12. The quantitative estimate of drug-likeness (QED) is 0.553. The first kappa shape index (κ1) is 14.0. The average molecular weight is 235 g/mol. The standard InChI is InChI=1S/C14H25N3/c1-4-7-8-10-15-12-13-9-11-17(16-13)14(5-2)6-3/h4,7,9,11,14-15H,5-6,8,10,12H2,1-3H3/b7-4+. The van der Waals surface area contributed by atoms with E-state index in [0.29, 0.717) is 6.04 Å². The van der Waals surface area contributed by atoms with Crippen molar-refractivity contribution in [2.24, 2.45) is 0 Å². The van der Waals surface area contributed by atoms with Crippen LogP contribution in [0.5, 0.6) is 0 Å². The first-order chi connectivity index (χ1) is 8.31. The second-order valence-electron chi connectivity index (χ2n) is 4.29. The van der Waals surface area contributed by atoms with Gasteiger partial charge in [-0.05, 0) is 38.8 Å². The van der Waals surface area contributed by atoms with E-state index in [-0.39, 0.29) is 0 Å². The molecule has 1 aromatic heterocycles. The fraction of sp³-hybridized carbons (Fsp3) is 0.643. The van der Waals surface area contributed by atoms with Gasteiger partial charge in [-0.1, -0.05) is 26.0 Å². The molecule has 17 heavy (non-hydrogen) atoms. The van der Waals surface area contributed by atoms with Crippen LogP contribution in [0.3, 0.4) is 0 Å². The minimum atomic E-state index is 0.548. The van der Waals surface area contributed by atoms with Gasteiger partial charge >= 0.3 is 0 Å². The number of hydrogen-bond acceptors (Lipinski definition) is 2. The molecule has 0 fully saturated rings. The van der Waals surface area contributed by atoms with E-state index in [4.69, 9.17) is 0 Å². The first-order valence-electron chi connectivity index (χ1n) is 6.67. The predicted molar refractivity (Wildman–Crippen MR) is 73.0 cm³/mol. The van der Waals surface area contributed by atoms with Gasteiger partial charge in [0.1, 0.15) is 0 Å². The van der Waals surface area contributed by atoms with Gasteiger partial charge < -0.3 is 5.32 Å². The molecule has 0 aliphatic heterocycles. The summed E-state index contributed by atoms with van der Waals surface area (Å²) in [6.45, 7) is 8.36. The first-order valence-corrected chi connectivity index (χ1v) is 6.67. The van der Waals surface area contributed by atoms with Crippen molar-refractivity contribution >= 4 is 0 Å². The minimum Gasteiger partial charge on any atom is -0.311 e. The third-order valence-corrected chi connectivity index (χ3v) is 3.01. The summed E-state index contributed by atoms with van der Waals surface area (Å²) >= 11 is 0. The number of aromatic nitrogens is 2. The van der Waals surface area contributed by atoms with E-state index in [1.165, 1.54) is 0 Å². The largest absolute Gasteiger partial charge is 0.311 e. The molecule has 1 aromatic rings. The topological polar surface area (TPSA) is 29.9 Å². The summed E-state index contributed by atoms with van der Waals surface area (Å²) in [5, 5.41) is 8.00. The van der Waals surface area contributed by atoms with Gasteiger partial charge in [-0.15, -0.1) is 0 Å². The Hall–Kier alpha value is -1.09. The Morgan fingerprint density at radius 1 is 1.41 bits per heavy atom. The second kappa shape index (κ2) is 8.07. The van der Waals surface area contributed by atoms with E-state index < -0.39 is 0 Å². The van der Waals surface area contributed by atoms with Gasteiger partial charge in [0.2, 0.25) is 0 Å². The van der Waals surface area contributed by atoms with Gasteiger partial charge in [0.25, 0.3) is 0 Å². The molecule has 0 spiro atoms. The summed E-state index contributed by atoms with van der Waals surface area (Å²) in [4.78, 5) is 0. The van der Waals surface area contributed by atoms with Crippen molar-refractivity contribution in [2.45, 2.75) is 52.6 Å². The highest BCUT2D eigenvalue weighted by Crippen LogP contribution is 2.14. The number of nitrogens with zero attached hydrogens (tertiary/aromatic N) is 2. The fourth-order valence-electron chi connectivity index (χ4n) is 1.91. The Bertz CT molecular complexity index is 324. The fourth-order valence-corrected chi connectivity index (χ4v) is 1.91. The molecule has 0 saturated heterocycles. The molecule has 0 atom stereocenters. The second-order valence-corrected chi connectivity index (χ2v) is 4.29. The maximum atomic E-state index is 4.61. The summed E-state index contributed by atoms with van der Waals surface area (Å²) in [6.07, 6.45) is 9.74. The van der Waals surface area contributed by atoms with Crippen LogP contribution in [0, 0.1) is 0 Å². The molecule has 0 aromatic carbocycles. The van der Waals surface area contributed by atoms with Crippen LogP contribution in [-0.2, 0) is 6.54 Å². The SMILES string of the molecule is C/C=C/CCNCc1ccn(C(CC)CC)n1. The van der Waals surface area contributed by atoms with Gasteiger partial charge in [0.15, 0.2) is 0 Å². The third-order valence-electron chi connectivity index (χ3n) is 3.01. The third kappa shape index (κ3) is 4.73. The number of allylic oxidation sites excluding steroid dienone is 1. The van der Waals surface area contributed by atoms with E-state index in [1.54, 1.807) is 0 Å². The number of hydrogen-bond donors (Lipinski definition) is 1. The average Bonchev–Trinajstić information content (AvgIpc) is 2.79. The lowest BCUT2D eigenvalue weighted by Crippen LogP contribution is -2.15. The van der Waals surface area contributed by atoms with Crippen LogP contribution in [0.25, 0.3) is 0 Å². The zero-order valence-corrected chi connectivity index (χ0v) is 11.3. The molecule has 0 aliphatic rings. The van der Waals surface area contributed by atoms with Crippen molar-refractivity contribution in [1.82, 2.24) is 15.1 Å². The minimum absolute atomic E-state index is 0.548. The molecule has 0 bridgehead atoms. The van der Waals surface area contributed by atoms with Gasteiger partial charge in [0.05, 0.1) is 11.7 Å². The van der Waals surface area contributed by atoms with E-state index >= 15 is 0 Å². The highest BCUT2D eigenvalue weighted by atomic mass is 15.3. The molecule has 0 radical (unpaired) electrons. The predicted octanol–water partition coefficient (Wildman–Crippen LogP) is 3.30. The summed E-state index contributed by atoms with van der Waals surface area (Å²) in [5.74, 6) is 0. The van der Waals surface area contributed by atoms with Crippen LogP contribution < -0.4 is 5.32 Å². The molecule has 1 N–H and O–H groups in total. The maximum absolute atomic E-state index is 4.61. The zero-order chi connectivity index (χ0) is 12.5. The smallest absolute Gasteiger partial charge is 0.0762 e. The molecule has 0 unspecified atom stereocenters. The molecular weight excluding hydrogens is 210 g/mol. The lowest BCUT2D eigenvalue weighted by molar-refractivity contribution is 0.424. The lowest BCUT2D eigenvalue weighted by atomic mass is 10.2. The van der Waals surface area contributed by atoms with Crippen molar-refractivity contribution in [3.8, 4) is 0 Å². The molecule has 0 saturated carbocycles. The summed E-state index contributed by atoms with van der Waals surface area (Å²) in [6, 6.07) is 2.66. The van der Waals surface area contributed by atoms with Crippen LogP contribution in [0.4, 0.5) is 0 Å². The molecule has 3 heteroatoms. The Morgan fingerprint density at radius 3 is 2.82 bits per heavy atom. The zero-order valence-electron chi connectivity index (χ0n) is 11.3. The van der Waals surface area contributed by atoms with Crippen molar-refractivity contribution in [3.05, 3.63) is 30.1 Å².